The Morgan fingerprint density at radius 2 is 1.78 bits per heavy atom. The van der Waals surface area contributed by atoms with Gasteiger partial charge in [0.2, 0.25) is 11.7 Å². The molecule has 2 unspecified atom stereocenters. The molecule has 36 heavy (non-hydrogen) atoms. The Kier molecular flexibility index (Phi) is 7.29. The van der Waals surface area contributed by atoms with Crippen molar-refractivity contribution in [3.05, 3.63) is 53.6 Å². The van der Waals surface area contributed by atoms with Gasteiger partial charge in [-0.2, -0.15) is 5.26 Å². The lowest BCUT2D eigenvalue weighted by molar-refractivity contribution is -0.135. The maximum Gasteiger partial charge on any atom is 0.267 e. The summed E-state index contributed by atoms with van der Waals surface area (Å²) >= 11 is 0. The SMILES string of the molecule is COc1cc(C(=O)N2CC(F)(F)CC2C(=O)N2CCCC2C#N)cc(OC)c1OCc1ccccc1. The van der Waals surface area contributed by atoms with Crippen molar-refractivity contribution in [2.75, 3.05) is 27.3 Å². The van der Waals surface area contributed by atoms with E-state index in [-0.39, 0.29) is 29.4 Å². The van der Waals surface area contributed by atoms with E-state index in [1.165, 1.54) is 31.3 Å². The zero-order valence-electron chi connectivity index (χ0n) is 20.1. The Labute approximate surface area is 207 Å². The number of methoxy groups -OCH3 is 2. The Morgan fingerprint density at radius 3 is 2.39 bits per heavy atom. The van der Waals surface area contributed by atoms with Crippen LogP contribution < -0.4 is 14.2 Å². The summed E-state index contributed by atoms with van der Waals surface area (Å²) in [5.41, 5.74) is 0.921. The second kappa shape index (κ2) is 10.4. The van der Waals surface area contributed by atoms with E-state index in [2.05, 4.69) is 0 Å². The van der Waals surface area contributed by atoms with Crippen molar-refractivity contribution in [3.8, 4) is 23.3 Å². The summed E-state index contributed by atoms with van der Waals surface area (Å²) in [5.74, 6) is -3.99. The minimum atomic E-state index is -3.23. The first-order valence-corrected chi connectivity index (χ1v) is 11.6. The highest BCUT2D eigenvalue weighted by atomic mass is 19.3. The van der Waals surface area contributed by atoms with Gasteiger partial charge in [-0.05, 0) is 30.5 Å². The number of benzene rings is 2. The Hall–Kier alpha value is -3.87. The topological polar surface area (TPSA) is 92.1 Å². The smallest absolute Gasteiger partial charge is 0.267 e. The van der Waals surface area contributed by atoms with Crippen molar-refractivity contribution in [1.82, 2.24) is 9.80 Å². The highest BCUT2D eigenvalue weighted by molar-refractivity contribution is 5.99. The van der Waals surface area contributed by atoms with Crippen LogP contribution in [0.4, 0.5) is 8.78 Å². The molecule has 190 valence electrons. The molecule has 0 aromatic heterocycles. The molecule has 2 aromatic carbocycles. The van der Waals surface area contributed by atoms with Gasteiger partial charge in [0.25, 0.3) is 11.8 Å². The van der Waals surface area contributed by atoms with Crippen LogP contribution >= 0.6 is 0 Å². The van der Waals surface area contributed by atoms with E-state index in [1.54, 1.807) is 0 Å². The van der Waals surface area contributed by atoms with Crippen molar-refractivity contribution < 1.29 is 32.6 Å². The van der Waals surface area contributed by atoms with E-state index >= 15 is 0 Å². The fraction of sp³-hybridized carbons (Fsp3) is 0.423. The van der Waals surface area contributed by atoms with Gasteiger partial charge in [0.15, 0.2) is 11.5 Å². The summed E-state index contributed by atoms with van der Waals surface area (Å²) in [6.45, 7) is -0.383. The average molecular weight is 500 g/mol. The minimum Gasteiger partial charge on any atom is -0.493 e. The lowest BCUT2D eigenvalue weighted by Crippen LogP contribution is -2.49. The number of hydrogen-bond donors (Lipinski definition) is 0. The molecular formula is C26H27F2N3O5. The van der Waals surface area contributed by atoms with Crippen LogP contribution in [-0.2, 0) is 11.4 Å². The first-order valence-electron chi connectivity index (χ1n) is 11.6. The summed E-state index contributed by atoms with van der Waals surface area (Å²) in [7, 11) is 2.79. The fourth-order valence-electron chi connectivity index (χ4n) is 4.65. The third-order valence-corrected chi connectivity index (χ3v) is 6.43. The normalized spacial score (nSPS) is 20.6. The summed E-state index contributed by atoms with van der Waals surface area (Å²) in [6, 6.07) is 12.2. The number of likely N-dealkylation sites (tertiary alicyclic amines) is 2. The molecule has 2 atom stereocenters. The molecule has 8 nitrogen and oxygen atoms in total. The molecule has 0 N–H and O–H groups in total. The first kappa shape index (κ1) is 25.2. The van der Waals surface area contributed by atoms with E-state index in [0.29, 0.717) is 19.4 Å². The van der Waals surface area contributed by atoms with Gasteiger partial charge >= 0.3 is 0 Å². The number of rotatable bonds is 7. The summed E-state index contributed by atoms with van der Waals surface area (Å²) < 4.78 is 45.7. The lowest BCUT2D eigenvalue weighted by Gasteiger charge is -2.29. The number of ether oxygens (including phenoxy) is 3. The van der Waals surface area contributed by atoms with Crippen LogP contribution in [0.5, 0.6) is 17.2 Å². The number of nitrogens with zero attached hydrogens (tertiary/aromatic N) is 3. The number of alkyl halides is 2. The first-order chi connectivity index (χ1) is 17.3. The molecule has 2 aromatic rings. The van der Waals surface area contributed by atoms with Crippen LogP contribution in [0.1, 0.15) is 35.2 Å². The van der Waals surface area contributed by atoms with E-state index < -0.39 is 42.8 Å². The molecule has 0 aliphatic carbocycles. The molecule has 2 fully saturated rings. The van der Waals surface area contributed by atoms with Gasteiger partial charge in [-0.3, -0.25) is 9.59 Å². The molecule has 10 heteroatoms. The van der Waals surface area contributed by atoms with Crippen molar-refractivity contribution in [2.45, 2.75) is 43.9 Å². The molecule has 2 heterocycles. The number of amides is 2. The molecule has 2 amide bonds. The Balaban J connectivity index is 1.61. The predicted molar refractivity (Wildman–Crippen MR) is 125 cm³/mol. The van der Waals surface area contributed by atoms with E-state index in [0.717, 1.165) is 10.5 Å². The van der Waals surface area contributed by atoms with Crippen LogP contribution in [-0.4, -0.2) is 66.9 Å². The molecule has 0 radical (unpaired) electrons. The van der Waals surface area contributed by atoms with Crippen LogP contribution in [0.2, 0.25) is 0 Å². The van der Waals surface area contributed by atoms with E-state index in [4.69, 9.17) is 14.2 Å². The third kappa shape index (κ3) is 5.05. The monoisotopic (exact) mass is 499 g/mol. The van der Waals surface area contributed by atoms with Gasteiger partial charge in [0, 0.05) is 18.5 Å². The van der Waals surface area contributed by atoms with Gasteiger partial charge in [0.05, 0.1) is 26.8 Å². The maximum absolute atomic E-state index is 14.5. The molecule has 0 bridgehead atoms. The van der Waals surface area contributed by atoms with Gasteiger partial charge < -0.3 is 24.0 Å². The van der Waals surface area contributed by atoms with Crippen LogP contribution in [0.15, 0.2) is 42.5 Å². The summed E-state index contributed by atoms with van der Waals surface area (Å²) in [6.07, 6.45) is 0.302. The zero-order chi connectivity index (χ0) is 25.9. The second-order valence-corrected chi connectivity index (χ2v) is 8.81. The zero-order valence-corrected chi connectivity index (χ0v) is 20.1. The van der Waals surface area contributed by atoms with Crippen LogP contribution in [0.3, 0.4) is 0 Å². The van der Waals surface area contributed by atoms with Crippen LogP contribution in [0.25, 0.3) is 0 Å². The number of halogens is 2. The molecule has 2 aliphatic heterocycles. The second-order valence-electron chi connectivity index (χ2n) is 8.81. The Bertz CT molecular complexity index is 1140. The van der Waals surface area contributed by atoms with Crippen molar-refractivity contribution >= 4 is 11.8 Å². The lowest BCUT2D eigenvalue weighted by atomic mass is 10.1. The van der Waals surface area contributed by atoms with Crippen LogP contribution in [0, 0.1) is 11.3 Å². The maximum atomic E-state index is 14.5. The predicted octanol–water partition coefficient (Wildman–Crippen LogP) is 3.65. The number of carbonyl (C=O) groups is 2. The van der Waals surface area contributed by atoms with E-state index in [1.807, 2.05) is 36.4 Å². The molecule has 0 spiro atoms. The van der Waals surface area contributed by atoms with Gasteiger partial charge in [-0.1, -0.05) is 30.3 Å². The number of hydrogen-bond acceptors (Lipinski definition) is 6. The highest BCUT2D eigenvalue weighted by Crippen LogP contribution is 2.41. The summed E-state index contributed by atoms with van der Waals surface area (Å²) in [5, 5.41) is 9.33. The molecule has 4 rings (SSSR count). The fourth-order valence-corrected chi connectivity index (χ4v) is 4.65. The molecular weight excluding hydrogens is 472 g/mol. The standard InChI is InChI=1S/C26H27F2N3O5/c1-34-21-11-18(12-22(35-2)23(21)36-15-17-7-4-3-5-8-17)24(32)31-16-26(27,28)13-20(31)25(33)30-10-6-9-19(30)14-29/h3-5,7-8,11-12,19-20H,6,9-10,13,15-16H2,1-2H3. The summed E-state index contributed by atoms with van der Waals surface area (Å²) in [4.78, 5) is 28.8. The molecule has 2 aliphatic rings. The number of nitriles is 1. The van der Waals surface area contributed by atoms with Gasteiger partial charge in [0.1, 0.15) is 18.7 Å². The van der Waals surface area contributed by atoms with Crippen molar-refractivity contribution in [3.63, 3.8) is 0 Å². The highest BCUT2D eigenvalue weighted by Gasteiger charge is 2.52. The van der Waals surface area contributed by atoms with Gasteiger partial charge in [-0.25, -0.2) is 8.78 Å². The van der Waals surface area contributed by atoms with Crippen molar-refractivity contribution in [1.29, 1.82) is 5.26 Å². The average Bonchev–Trinajstić information content (AvgIpc) is 3.50. The molecule has 2 saturated heterocycles. The van der Waals surface area contributed by atoms with Crippen molar-refractivity contribution in [2.24, 2.45) is 0 Å². The minimum absolute atomic E-state index is 0.0181. The van der Waals surface area contributed by atoms with Gasteiger partial charge in [-0.15, -0.1) is 0 Å². The third-order valence-electron chi connectivity index (χ3n) is 6.43. The van der Waals surface area contributed by atoms with E-state index in [9.17, 15) is 23.6 Å². The Morgan fingerprint density at radius 1 is 1.11 bits per heavy atom. The molecule has 0 saturated carbocycles. The largest absolute Gasteiger partial charge is 0.493 e. The number of carbonyl (C=O) groups excluding carboxylic acids is 2. The quantitative estimate of drug-likeness (QED) is 0.578.